The largest absolute Gasteiger partial charge is 0.481 e. The number of hydrogen-bond donors (Lipinski definition) is 2. The van der Waals surface area contributed by atoms with Gasteiger partial charge >= 0.3 is 12.0 Å². The van der Waals surface area contributed by atoms with E-state index in [1.165, 1.54) is 16.0 Å². The van der Waals surface area contributed by atoms with Crippen LogP contribution in [-0.2, 0) is 22.4 Å². The van der Waals surface area contributed by atoms with Crippen molar-refractivity contribution >= 4 is 23.6 Å². The number of rotatable bonds is 5. The molecule has 3 aliphatic rings. The molecule has 7 nitrogen and oxygen atoms in total. The van der Waals surface area contributed by atoms with E-state index < -0.39 is 5.97 Å². The van der Waals surface area contributed by atoms with E-state index in [1.54, 1.807) is 4.90 Å². The summed E-state index contributed by atoms with van der Waals surface area (Å²) in [4.78, 5) is 39.6. The predicted molar refractivity (Wildman–Crippen MR) is 109 cm³/mol. The monoisotopic (exact) mass is 399 g/mol. The fraction of sp³-hybridized carbons (Fsp3) is 0.591. The molecule has 1 aromatic rings. The standard InChI is InChI=1S/C22H29N3O4/c26-20-14-24(19-7-4-16-9-11-23-12-10-17(16)13-19)22(29)25(20)18-5-1-15(2-6-18)3-8-21(27)28/h4,7,13,15,18,23H,1-3,5-6,8-12,14H2,(H,27,28). The van der Waals surface area contributed by atoms with Gasteiger partial charge in [-0.3, -0.25) is 19.4 Å². The SMILES string of the molecule is O=C(O)CCC1CCC(N2C(=O)CN(c3ccc4c(c3)CCNCC4)C2=O)CC1. The van der Waals surface area contributed by atoms with Crippen molar-refractivity contribution in [1.82, 2.24) is 10.2 Å². The van der Waals surface area contributed by atoms with Gasteiger partial charge in [-0.2, -0.15) is 0 Å². The summed E-state index contributed by atoms with van der Waals surface area (Å²) in [5.41, 5.74) is 3.38. The van der Waals surface area contributed by atoms with Crippen LogP contribution < -0.4 is 10.2 Å². The molecule has 4 rings (SSSR count). The number of anilines is 1. The Kier molecular flexibility index (Phi) is 5.85. The molecule has 3 amide bonds. The Balaban J connectivity index is 1.42. The van der Waals surface area contributed by atoms with E-state index in [0.29, 0.717) is 12.3 Å². The molecular weight excluding hydrogens is 370 g/mol. The summed E-state index contributed by atoms with van der Waals surface area (Å²) in [5.74, 6) is -0.505. The average Bonchev–Trinajstić information content (AvgIpc) is 2.88. The van der Waals surface area contributed by atoms with Gasteiger partial charge in [-0.25, -0.2) is 4.79 Å². The predicted octanol–water partition coefficient (Wildman–Crippen LogP) is 2.57. The minimum atomic E-state index is -0.760. The number of aliphatic carboxylic acids is 1. The zero-order chi connectivity index (χ0) is 20.4. The molecule has 0 spiro atoms. The number of carbonyl (C=O) groups excluding carboxylic acids is 2. The van der Waals surface area contributed by atoms with E-state index in [-0.39, 0.29) is 30.9 Å². The zero-order valence-electron chi connectivity index (χ0n) is 16.7. The number of carboxylic acid groups (broad SMARTS) is 1. The van der Waals surface area contributed by atoms with Crippen molar-refractivity contribution in [2.45, 2.75) is 57.4 Å². The van der Waals surface area contributed by atoms with E-state index in [2.05, 4.69) is 17.4 Å². The Bertz CT molecular complexity index is 801. The van der Waals surface area contributed by atoms with Crippen molar-refractivity contribution in [3.63, 3.8) is 0 Å². The summed E-state index contributed by atoms with van der Waals surface area (Å²) in [5, 5.41) is 12.3. The summed E-state index contributed by atoms with van der Waals surface area (Å²) in [6, 6.07) is 5.84. The molecule has 2 fully saturated rings. The molecule has 2 N–H and O–H groups in total. The number of urea groups is 1. The lowest BCUT2D eigenvalue weighted by Crippen LogP contribution is -2.43. The summed E-state index contributed by atoms with van der Waals surface area (Å²) < 4.78 is 0. The minimum Gasteiger partial charge on any atom is -0.481 e. The zero-order valence-corrected chi connectivity index (χ0v) is 16.7. The van der Waals surface area contributed by atoms with Gasteiger partial charge in [0.2, 0.25) is 0 Å². The fourth-order valence-corrected chi connectivity index (χ4v) is 4.92. The van der Waals surface area contributed by atoms with Crippen LogP contribution in [0.1, 0.15) is 49.7 Å². The number of nitrogens with one attached hydrogen (secondary N) is 1. The van der Waals surface area contributed by atoms with E-state index in [1.807, 2.05) is 6.07 Å². The molecule has 1 saturated carbocycles. The lowest BCUT2D eigenvalue weighted by molar-refractivity contribution is -0.137. The maximum atomic E-state index is 13.1. The Morgan fingerprint density at radius 1 is 1.07 bits per heavy atom. The highest BCUT2D eigenvalue weighted by atomic mass is 16.4. The van der Waals surface area contributed by atoms with Crippen LogP contribution >= 0.6 is 0 Å². The summed E-state index contributed by atoms with van der Waals surface area (Å²) in [6.45, 7) is 2.01. The Morgan fingerprint density at radius 2 is 1.79 bits per heavy atom. The maximum Gasteiger partial charge on any atom is 0.331 e. The van der Waals surface area contributed by atoms with Crippen LogP contribution in [0.4, 0.5) is 10.5 Å². The van der Waals surface area contributed by atoms with Crippen LogP contribution in [0.15, 0.2) is 18.2 Å². The molecule has 0 atom stereocenters. The van der Waals surface area contributed by atoms with Gasteiger partial charge in [0, 0.05) is 18.2 Å². The molecule has 1 saturated heterocycles. The molecule has 2 heterocycles. The van der Waals surface area contributed by atoms with Crippen molar-refractivity contribution < 1.29 is 19.5 Å². The third kappa shape index (κ3) is 4.29. The highest BCUT2D eigenvalue weighted by Gasteiger charge is 2.42. The molecule has 0 aromatic heterocycles. The second kappa shape index (κ2) is 8.53. The molecule has 1 aliphatic carbocycles. The minimum absolute atomic E-state index is 0.0638. The van der Waals surface area contributed by atoms with Crippen LogP contribution in [0.2, 0.25) is 0 Å². The van der Waals surface area contributed by atoms with Gasteiger partial charge < -0.3 is 10.4 Å². The number of fused-ring (bicyclic) bond motifs is 1. The first-order chi connectivity index (χ1) is 14.0. The Hall–Kier alpha value is -2.41. The number of imide groups is 1. The lowest BCUT2D eigenvalue weighted by Gasteiger charge is -2.33. The third-order valence-electron chi connectivity index (χ3n) is 6.59. The molecular formula is C22H29N3O4. The molecule has 0 radical (unpaired) electrons. The normalized spacial score (nSPS) is 25.1. The molecule has 1 aromatic carbocycles. The second-order valence-corrected chi connectivity index (χ2v) is 8.44. The second-order valence-electron chi connectivity index (χ2n) is 8.44. The highest BCUT2D eigenvalue weighted by molar-refractivity contribution is 6.12. The van der Waals surface area contributed by atoms with E-state index >= 15 is 0 Å². The van der Waals surface area contributed by atoms with Gasteiger partial charge in [0.05, 0.1) is 0 Å². The average molecular weight is 399 g/mol. The van der Waals surface area contributed by atoms with Crippen molar-refractivity contribution in [1.29, 1.82) is 0 Å². The van der Waals surface area contributed by atoms with Gasteiger partial charge in [0.25, 0.3) is 5.91 Å². The van der Waals surface area contributed by atoms with Crippen molar-refractivity contribution in [3.05, 3.63) is 29.3 Å². The van der Waals surface area contributed by atoms with E-state index in [4.69, 9.17) is 5.11 Å². The summed E-state index contributed by atoms with van der Waals surface area (Å²) in [6.07, 6.45) is 6.08. The molecule has 0 unspecified atom stereocenters. The van der Waals surface area contributed by atoms with Crippen molar-refractivity contribution in [2.75, 3.05) is 24.5 Å². The molecule has 7 heteroatoms. The lowest BCUT2D eigenvalue weighted by atomic mass is 9.83. The quantitative estimate of drug-likeness (QED) is 0.743. The first-order valence-electron chi connectivity index (χ1n) is 10.7. The number of benzene rings is 1. The maximum absolute atomic E-state index is 13.1. The van der Waals surface area contributed by atoms with Crippen molar-refractivity contribution in [2.24, 2.45) is 5.92 Å². The smallest absolute Gasteiger partial charge is 0.331 e. The number of nitrogens with zero attached hydrogens (tertiary/aromatic N) is 2. The summed E-state index contributed by atoms with van der Waals surface area (Å²) in [7, 11) is 0. The van der Waals surface area contributed by atoms with E-state index in [9.17, 15) is 14.4 Å². The van der Waals surface area contributed by atoms with E-state index in [0.717, 1.165) is 57.3 Å². The van der Waals surface area contributed by atoms with Gasteiger partial charge in [0.1, 0.15) is 6.54 Å². The fourth-order valence-electron chi connectivity index (χ4n) is 4.92. The van der Waals surface area contributed by atoms with Crippen LogP contribution in [0.5, 0.6) is 0 Å². The van der Waals surface area contributed by atoms with Gasteiger partial charge in [-0.1, -0.05) is 6.07 Å². The van der Waals surface area contributed by atoms with Crippen molar-refractivity contribution in [3.8, 4) is 0 Å². The molecule has 0 bridgehead atoms. The topological polar surface area (TPSA) is 89.9 Å². The molecule has 2 aliphatic heterocycles. The summed E-state index contributed by atoms with van der Waals surface area (Å²) >= 11 is 0. The van der Waals surface area contributed by atoms with Gasteiger partial charge in [-0.05, 0) is 87.2 Å². The first kappa shape index (κ1) is 19.9. The number of carboxylic acids is 1. The Labute approximate surface area is 171 Å². The highest BCUT2D eigenvalue weighted by Crippen LogP contribution is 2.34. The first-order valence-corrected chi connectivity index (χ1v) is 10.7. The number of hydrogen-bond acceptors (Lipinski definition) is 4. The van der Waals surface area contributed by atoms with Crippen LogP contribution in [-0.4, -0.2) is 53.6 Å². The third-order valence-corrected chi connectivity index (χ3v) is 6.59. The van der Waals surface area contributed by atoms with Gasteiger partial charge in [0.15, 0.2) is 0 Å². The number of carbonyl (C=O) groups is 3. The molecule has 29 heavy (non-hydrogen) atoms. The van der Waals surface area contributed by atoms with Crippen LogP contribution in [0, 0.1) is 5.92 Å². The molecule has 156 valence electrons. The Morgan fingerprint density at radius 3 is 2.52 bits per heavy atom. The van der Waals surface area contributed by atoms with Crippen LogP contribution in [0.3, 0.4) is 0 Å². The number of amides is 3. The van der Waals surface area contributed by atoms with Crippen LogP contribution in [0.25, 0.3) is 0 Å². The van der Waals surface area contributed by atoms with Gasteiger partial charge in [-0.15, -0.1) is 0 Å².